The van der Waals surface area contributed by atoms with Crippen LogP contribution in [0.15, 0.2) is 36.5 Å². The molecule has 3 heteroatoms. The van der Waals surface area contributed by atoms with Crippen LogP contribution in [0.2, 0.25) is 0 Å². The molecule has 2 aromatic rings. The molecule has 0 saturated carbocycles. The fourth-order valence-electron chi connectivity index (χ4n) is 1.87. The Bertz CT molecular complexity index is 498. The van der Waals surface area contributed by atoms with Crippen LogP contribution in [0.1, 0.15) is 25.5 Å². The Labute approximate surface area is 101 Å². The van der Waals surface area contributed by atoms with E-state index in [0.29, 0.717) is 6.61 Å². The highest BCUT2D eigenvalue weighted by molar-refractivity contribution is 5.78. The molecule has 1 aromatic carbocycles. The molecule has 0 aliphatic carbocycles. The van der Waals surface area contributed by atoms with Gasteiger partial charge in [-0.1, -0.05) is 18.2 Å². The SMILES string of the molecule is CCOC(C)C(O)c1cnc2ccccc2c1. The maximum atomic E-state index is 10.1. The first-order valence-corrected chi connectivity index (χ1v) is 5.86. The van der Waals surface area contributed by atoms with Crippen LogP contribution in [0.25, 0.3) is 10.9 Å². The smallest absolute Gasteiger partial charge is 0.106 e. The van der Waals surface area contributed by atoms with Gasteiger partial charge in [0.2, 0.25) is 0 Å². The molecule has 0 fully saturated rings. The summed E-state index contributed by atoms with van der Waals surface area (Å²) in [4.78, 5) is 4.33. The Morgan fingerprint density at radius 3 is 2.88 bits per heavy atom. The number of hydrogen-bond acceptors (Lipinski definition) is 3. The Morgan fingerprint density at radius 1 is 1.35 bits per heavy atom. The van der Waals surface area contributed by atoms with Crippen LogP contribution in [0.5, 0.6) is 0 Å². The van der Waals surface area contributed by atoms with Crippen molar-refractivity contribution < 1.29 is 9.84 Å². The van der Waals surface area contributed by atoms with E-state index in [2.05, 4.69) is 4.98 Å². The normalized spacial score (nSPS) is 14.8. The van der Waals surface area contributed by atoms with E-state index in [-0.39, 0.29) is 6.10 Å². The first kappa shape index (κ1) is 12.0. The van der Waals surface area contributed by atoms with Crippen molar-refractivity contribution in [3.8, 4) is 0 Å². The molecule has 0 bridgehead atoms. The van der Waals surface area contributed by atoms with E-state index in [9.17, 15) is 5.11 Å². The van der Waals surface area contributed by atoms with Gasteiger partial charge >= 0.3 is 0 Å². The van der Waals surface area contributed by atoms with Gasteiger partial charge in [0.15, 0.2) is 0 Å². The standard InChI is InChI=1S/C14H17NO2/c1-3-17-10(2)14(16)12-8-11-6-4-5-7-13(11)15-9-12/h4-10,14,16H,3H2,1-2H3. The number of hydrogen-bond donors (Lipinski definition) is 1. The van der Waals surface area contributed by atoms with E-state index >= 15 is 0 Å². The van der Waals surface area contributed by atoms with Crippen LogP contribution < -0.4 is 0 Å². The molecule has 0 amide bonds. The summed E-state index contributed by atoms with van der Waals surface area (Å²) in [5.74, 6) is 0. The molecule has 1 N–H and O–H groups in total. The van der Waals surface area contributed by atoms with Gasteiger partial charge in [0.05, 0.1) is 11.6 Å². The number of benzene rings is 1. The molecule has 1 aromatic heterocycles. The molecule has 2 rings (SSSR count). The number of para-hydroxylation sites is 1. The minimum atomic E-state index is -0.632. The summed E-state index contributed by atoms with van der Waals surface area (Å²) in [5.41, 5.74) is 1.73. The average molecular weight is 231 g/mol. The van der Waals surface area contributed by atoms with Crippen LogP contribution in [0, 0.1) is 0 Å². The van der Waals surface area contributed by atoms with Gasteiger partial charge in [-0.25, -0.2) is 0 Å². The molecule has 2 unspecified atom stereocenters. The van der Waals surface area contributed by atoms with Gasteiger partial charge in [-0.2, -0.15) is 0 Å². The summed E-state index contributed by atoms with van der Waals surface area (Å²) in [6.45, 7) is 4.38. The second kappa shape index (κ2) is 5.25. The van der Waals surface area contributed by atoms with E-state index in [0.717, 1.165) is 16.5 Å². The van der Waals surface area contributed by atoms with Crippen LogP contribution in [0.4, 0.5) is 0 Å². The number of rotatable bonds is 4. The lowest BCUT2D eigenvalue weighted by molar-refractivity contribution is -0.0228. The minimum absolute atomic E-state index is 0.219. The largest absolute Gasteiger partial charge is 0.386 e. The second-order valence-electron chi connectivity index (χ2n) is 4.07. The molecule has 0 saturated heterocycles. The van der Waals surface area contributed by atoms with Crippen molar-refractivity contribution in [3.63, 3.8) is 0 Å². The van der Waals surface area contributed by atoms with E-state index in [1.165, 1.54) is 0 Å². The fourth-order valence-corrected chi connectivity index (χ4v) is 1.87. The van der Waals surface area contributed by atoms with Crippen LogP contribution in [-0.2, 0) is 4.74 Å². The molecule has 90 valence electrons. The molecule has 3 nitrogen and oxygen atoms in total. The number of aliphatic hydroxyl groups is 1. The third kappa shape index (κ3) is 2.62. The minimum Gasteiger partial charge on any atom is -0.386 e. The Hall–Kier alpha value is -1.45. The van der Waals surface area contributed by atoms with Crippen molar-refractivity contribution in [2.75, 3.05) is 6.61 Å². The maximum absolute atomic E-state index is 10.1. The lowest BCUT2D eigenvalue weighted by Gasteiger charge is -2.19. The highest BCUT2D eigenvalue weighted by Gasteiger charge is 2.16. The summed E-state index contributed by atoms with van der Waals surface area (Å²) in [5, 5.41) is 11.1. The Balaban J connectivity index is 2.29. The molecule has 0 spiro atoms. The Kier molecular flexibility index (Phi) is 3.71. The lowest BCUT2D eigenvalue weighted by Crippen LogP contribution is -2.18. The van der Waals surface area contributed by atoms with E-state index in [1.807, 2.05) is 44.2 Å². The zero-order chi connectivity index (χ0) is 12.3. The van der Waals surface area contributed by atoms with Gasteiger partial charge in [-0.05, 0) is 26.0 Å². The van der Waals surface area contributed by atoms with Gasteiger partial charge in [0.25, 0.3) is 0 Å². The molecular weight excluding hydrogens is 214 g/mol. The van der Waals surface area contributed by atoms with E-state index in [1.54, 1.807) is 6.20 Å². The second-order valence-corrected chi connectivity index (χ2v) is 4.07. The summed E-state index contributed by atoms with van der Waals surface area (Å²) in [6, 6.07) is 9.82. The predicted octanol–water partition coefficient (Wildman–Crippen LogP) is 2.69. The van der Waals surface area contributed by atoms with Crippen molar-refractivity contribution in [2.45, 2.75) is 26.1 Å². The summed E-state index contributed by atoms with van der Waals surface area (Å²) >= 11 is 0. The number of aromatic nitrogens is 1. The zero-order valence-corrected chi connectivity index (χ0v) is 10.1. The van der Waals surface area contributed by atoms with Gasteiger partial charge < -0.3 is 9.84 Å². The fraction of sp³-hybridized carbons (Fsp3) is 0.357. The molecule has 0 aliphatic rings. The zero-order valence-electron chi connectivity index (χ0n) is 10.1. The van der Waals surface area contributed by atoms with Crippen LogP contribution in [-0.4, -0.2) is 22.8 Å². The number of fused-ring (bicyclic) bond motifs is 1. The number of nitrogens with zero attached hydrogens (tertiary/aromatic N) is 1. The molecule has 2 atom stereocenters. The lowest BCUT2D eigenvalue weighted by atomic mass is 10.1. The number of ether oxygens (including phenoxy) is 1. The van der Waals surface area contributed by atoms with Crippen LogP contribution >= 0.6 is 0 Å². The average Bonchev–Trinajstić information content (AvgIpc) is 2.37. The van der Waals surface area contributed by atoms with E-state index in [4.69, 9.17) is 4.74 Å². The maximum Gasteiger partial charge on any atom is 0.106 e. The highest BCUT2D eigenvalue weighted by atomic mass is 16.5. The van der Waals surface area contributed by atoms with Gasteiger partial charge in [0.1, 0.15) is 6.10 Å². The topological polar surface area (TPSA) is 42.4 Å². The predicted molar refractivity (Wildman–Crippen MR) is 67.8 cm³/mol. The van der Waals surface area contributed by atoms with Gasteiger partial charge in [-0.3, -0.25) is 4.98 Å². The summed E-state index contributed by atoms with van der Waals surface area (Å²) < 4.78 is 5.39. The van der Waals surface area contributed by atoms with Crippen LogP contribution in [0.3, 0.4) is 0 Å². The first-order chi connectivity index (χ1) is 8.22. The number of pyridine rings is 1. The van der Waals surface area contributed by atoms with Crippen molar-refractivity contribution in [1.29, 1.82) is 0 Å². The van der Waals surface area contributed by atoms with Gasteiger partial charge in [-0.15, -0.1) is 0 Å². The number of aliphatic hydroxyl groups excluding tert-OH is 1. The molecule has 17 heavy (non-hydrogen) atoms. The van der Waals surface area contributed by atoms with Crippen molar-refractivity contribution in [2.24, 2.45) is 0 Å². The molecule has 1 heterocycles. The quantitative estimate of drug-likeness (QED) is 0.879. The van der Waals surface area contributed by atoms with Crippen molar-refractivity contribution in [1.82, 2.24) is 4.98 Å². The Morgan fingerprint density at radius 2 is 2.12 bits per heavy atom. The monoisotopic (exact) mass is 231 g/mol. The van der Waals surface area contributed by atoms with Crippen molar-refractivity contribution >= 4 is 10.9 Å². The first-order valence-electron chi connectivity index (χ1n) is 5.86. The molecule has 0 aliphatic heterocycles. The third-order valence-electron chi connectivity index (χ3n) is 2.83. The van der Waals surface area contributed by atoms with Gasteiger partial charge in [0, 0.05) is 23.8 Å². The van der Waals surface area contributed by atoms with Crippen molar-refractivity contribution in [3.05, 3.63) is 42.1 Å². The third-order valence-corrected chi connectivity index (χ3v) is 2.83. The molecular formula is C14H17NO2. The summed E-state index contributed by atoms with van der Waals surface area (Å²) in [7, 11) is 0. The van der Waals surface area contributed by atoms with E-state index < -0.39 is 6.10 Å². The molecule has 0 radical (unpaired) electrons. The summed E-state index contributed by atoms with van der Waals surface area (Å²) in [6.07, 6.45) is 0.859. The highest BCUT2D eigenvalue weighted by Crippen LogP contribution is 2.21.